The van der Waals surface area contributed by atoms with Gasteiger partial charge in [0.25, 0.3) is 0 Å². The van der Waals surface area contributed by atoms with Crippen molar-refractivity contribution in [3.8, 4) is 0 Å². The summed E-state index contributed by atoms with van der Waals surface area (Å²) in [5, 5.41) is 8.01. The summed E-state index contributed by atoms with van der Waals surface area (Å²) in [5.41, 5.74) is 2.71. The van der Waals surface area contributed by atoms with E-state index >= 15 is 0 Å². The van der Waals surface area contributed by atoms with Crippen LogP contribution in [-0.2, 0) is 6.54 Å². The first kappa shape index (κ1) is 15.0. The Morgan fingerprint density at radius 3 is 2.67 bits per heavy atom. The van der Waals surface area contributed by atoms with E-state index in [0.717, 1.165) is 24.5 Å². The van der Waals surface area contributed by atoms with Crippen molar-refractivity contribution in [3.05, 3.63) is 17.0 Å². The molecule has 2 aliphatic rings. The van der Waals surface area contributed by atoms with Crippen LogP contribution < -0.4 is 5.32 Å². The van der Waals surface area contributed by atoms with E-state index in [2.05, 4.69) is 29.2 Å². The molecule has 1 aromatic heterocycles. The summed E-state index contributed by atoms with van der Waals surface area (Å²) in [5.74, 6) is 0.985. The molecule has 118 valence electrons. The first-order valence-electron chi connectivity index (χ1n) is 8.54. The molecular formula is C17H29N3O. The van der Waals surface area contributed by atoms with E-state index in [1.54, 1.807) is 0 Å². The van der Waals surface area contributed by atoms with Gasteiger partial charge in [-0.25, -0.2) is 0 Å². The Kier molecular flexibility index (Phi) is 4.36. The van der Waals surface area contributed by atoms with Gasteiger partial charge in [0.1, 0.15) is 5.76 Å². The Bertz CT molecular complexity index is 457. The van der Waals surface area contributed by atoms with E-state index in [1.807, 2.05) is 6.92 Å². The van der Waals surface area contributed by atoms with Crippen molar-refractivity contribution >= 4 is 0 Å². The highest BCUT2D eigenvalue weighted by Crippen LogP contribution is 2.33. The first-order valence-corrected chi connectivity index (χ1v) is 8.54. The molecule has 1 N–H and O–H groups in total. The normalized spacial score (nSPS) is 26.3. The predicted molar refractivity (Wildman–Crippen MR) is 84.3 cm³/mol. The molecule has 1 aliphatic heterocycles. The second-order valence-electron chi connectivity index (χ2n) is 6.99. The first-order chi connectivity index (χ1) is 10.1. The number of aromatic nitrogens is 1. The van der Waals surface area contributed by atoms with Gasteiger partial charge in [0.15, 0.2) is 0 Å². The minimum absolute atomic E-state index is 0.364. The van der Waals surface area contributed by atoms with Crippen LogP contribution in [-0.4, -0.2) is 34.7 Å². The van der Waals surface area contributed by atoms with Crippen LogP contribution in [0.2, 0.25) is 0 Å². The third-order valence-electron chi connectivity index (χ3n) is 5.56. The monoisotopic (exact) mass is 291 g/mol. The Balaban J connectivity index is 1.76. The SMILES string of the molecule is CCC1CNC2(CCCCC2)CN1Cc1c(C)noc1C. The standard InChI is InChI=1S/C17H29N3O/c1-4-15-10-18-17(8-6-5-7-9-17)12-20(15)11-16-13(2)19-21-14(16)3/h15,18H,4-12H2,1-3H3. The molecule has 1 saturated carbocycles. The van der Waals surface area contributed by atoms with Crippen LogP contribution >= 0.6 is 0 Å². The molecule has 0 amide bonds. The topological polar surface area (TPSA) is 41.3 Å². The number of hydrogen-bond donors (Lipinski definition) is 1. The molecule has 1 unspecified atom stereocenters. The van der Waals surface area contributed by atoms with Gasteiger partial charge in [-0.15, -0.1) is 0 Å². The van der Waals surface area contributed by atoms with Crippen molar-refractivity contribution < 1.29 is 4.52 Å². The predicted octanol–water partition coefficient (Wildman–Crippen LogP) is 3.18. The Hall–Kier alpha value is -0.870. The summed E-state index contributed by atoms with van der Waals surface area (Å²) in [6.45, 7) is 9.68. The Morgan fingerprint density at radius 2 is 2.05 bits per heavy atom. The molecule has 21 heavy (non-hydrogen) atoms. The van der Waals surface area contributed by atoms with Crippen molar-refractivity contribution in [1.82, 2.24) is 15.4 Å². The smallest absolute Gasteiger partial charge is 0.138 e. The van der Waals surface area contributed by atoms with E-state index in [0.29, 0.717) is 11.6 Å². The molecule has 1 saturated heterocycles. The van der Waals surface area contributed by atoms with E-state index < -0.39 is 0 Å². The van der Waals surface area contributed by atoms with Crippen LogP contribution in [0.3, 0.4) is 0 Å². The van der Waals surface area contributed by atoms with Crippen molar-refractivity contribution in [2.45, 2.75) is 77.4 Å². The van der Waals surface area contributed by atoms with Gasteiger partial charge in [0.05, 0.1) is 5.69 Å². The largest absolute Gasteiger partial charge is 0.361 e. The molecule has 1 aromatic rings. The maximum Gasteiger partial charge on any atom is 0.138 e. The van der Waals surface area contributed by atoms with Crippen molar-refractivity contribution in [3.63, 3.8) is 0 Å². The number of rotatable bonds is 3. The highest BCUT2D eigenvalue weighted by atomic mass is 16.5. The van der Waals surface area contributed by atoms with E-state index in [-0.39, 0.29) is 0 Å². The van der Waals surface area contributed by atoms with Crippen molar-refractivity contribution in [1.29, 1.82) is 0 Å². The molecule has 1 atom stereocenters. The van der Waals surface area contributed by atoms with Gasteiger partial charge < -0.3 is 9.84 Å². The zero-order valence-corrected chi connectivity index (χ0v) is 13.7. The average Bonchev–Trinajstić information content (AvgIpc) is 2.80. The van der Waals surface area contributed by atoms with Crippen LogP contribution in [0.25, 0.3) is 0 Å². The number of nitrogens with zero attached hydrogens (tertiary/aromatic N) is 2. The summed E-state index contributed by atoms with van der Waals surface area (Å²) < 4.78 is 5.35. The van der Waals surface area contributed by atoms with Crippen LogP contribution in [0, 0.1) is 13.8 Å². The fraction of sp³-hybridized carbons (Fsp3) is 0.824. The molecule has 4 nitrogen and oxygen atoms in total. The highest BCUT2D eigenvalue weighted by molar-refractivity contribution is 5.21. The molecule has 2 fully saturated rings. The molecule has 4 heteroatoms. The van der Waals surface area contributed by atoms with Gasteiger partial charge in [-0.05, 0) is 33.1 Å². The number of hydrogen-bond acceptors (Lipinski definition) is 4. The van der Waals surface area contributed by atoms with Crippen molar-refractivity contribution in [2.24, 2.45) is 0 Å². The van der Waals surface area contributed by atoms with Crippen LogP contribution in [0.15, 0.2) is 4.52 Å². The molecule has 2 heterocycles. The van der Waals surface area contributed by atoms with Crippen molar-refractivity contribution in [2.75, 3.05) is 13.1 Å². The van der Waals surface area contributed by atoms with Gasteiger partial charge in [0, 0.05) is 36.8 Å². The van der Waals surface area contributed by atoms with Gasteiger partial charge in [0.2, 0.25) is 0 Å². The fourth-order valence-corrected chi connectivity index (χ4v) is 4.12. The third kappa shape index (κ3) is 3.02. The minimum atomic E-state index is 0.364. The fourth-order valence-electron chi connectivity index (χ4n) is 4.12. The number of aryl methyl sites for hydroxylation is 2. The summed E-state index contributed by atoms with van der Waals surface area (Å²) in [6, 6.07) is 0.631. The third-order valence-corrected chi connectivity index (χ3v) is 5.56. The van der Waals surface area contributed by atoms with Gasteiger partial charge in [-0.1, -0.05) is 31.3 Å². The molecule has 0 bridgehead atoms. The molecule has 0 radical (unpaired) electrons. The Labute approximate surface area is 128 Å². The van der Waals surface area contributed by atoms with E-state index in [9.17, 15) is 0 Å². The lowest BCUT2D eigenvalue weighted by Crippen LogP contribution is -2.64. The maximum absolute atomic E-state index is 5.35. The summed E-state index contributed by atoms with van der Waals surface area (Å²) >= 11 is 0. The molecule has 3 rings (SSSR count). The average molecular weight is 291 g/mol. The van der Waals surface area contributed by atoms with Gasteiger partial charge >= 0.3 is 0 Å². The highest BCUT2D eigenvalue weighted by Gasteiger charge is 2.39. The lowest BCUT2D eigenvalue weighted by Gasteiger charge is -2.49. The molecular weight excluding hydrogens is 262 g/mol. The quantitative estimate of drug-likeness (QED) is 0.928. The second kappa shape index (κ2) is 6.09. The van der Waals surface area contributed by atoms with Gasteiger partial charge in [-0.3, -0.25) is 4.90 Å². The zero-order valence-electron chi connectivity index (χ0n) is 13.7. The van der Waals surface area contributed by atoms with E-state index in [4.69, 9.17) is 4.52 Å². The lowest BCUT2D eigenvalue weighted by molar-refractivity contribution is 0.0480. The minimum Gasteiger partial charge on any atom is -0.361 e. The van der Waals surface area contributed by atoms with Crippen LogP contribution in [0.4, 0.5) is 0 Å². The molecule has 1 spiro atoms. The second-order valence-corrected chi connectivity index (χ2v) is 6.99. The van der Waals surface area contributed by atoms with Crippen LogP contribution in [0.1, 0.15) is 62.5 Å². The molecule has 0 aromatic carbocycles. The zero-order chi connectivity index (χ0) is 14.9. The summed E-state index contributed by atoms with van der Waals surface area (Å²) in [6.07, 6.45) is 8.03. The van der Waals surface area contributed by atoms with Gasteiger partial charge in [-0.2, -0.15) is 0 Å². The van der Waals surface area contributed by atoms with E-state index in [1.165, 1.54) is 50.6 Å². The number of nitrogens with one attached hydrogen (secondary N) is 1. The van der Waals surface area contributed by atoms with Crippen LogP contribution in [0.5, 0.6) is 0 Å². The lowest BCUT2D eigenvalue weighted by atomic mass is 9.79. The summed E-state index contributed by atoms with van der Waals surface area (Å²) in [7, 11) is 0. The summed E-state index contributed by atoms with van der Waals surface area (Å²) in [4.78, 5) is 2.67. The number of piperazine rings is 1. The Morgan fingerprint density at radius 1 is 1.29 bits per heavy atom. The maximum atomic E-state index is 5.35. The molecule has 1 aliphatic carbocycles.